The van der Waals surface area contributed by atoms with E-state index >= 15 is 0 Å². The average Bonchev–Trinajstić information content (AvgIpc) is 2.78. The minimum Gasteiger partial charge on any atom is -0.345 e. The molecule has 1 N–H and O–H groups in total. The van der Waals surface area contributed by atoms with E-state index in [-0.39, 0.29) is 6.10 Å². The van der Waals surface area contributed by atoms with Gasteiger partial charge in [0.15, 0.2) is 0 Å². The van der Waals surface area contributed by atoms with Crippen LogP contribution >= 0.6 is 0 Å². The van der Waals surface area contributed by atoms with Gasteiger partial charge in [0, 0.05) is 0 Å². The number of allylic oxidation sites excluding steroid dienone is 2. The molecule has 0 bridgehead atoms. The molecule has 4 nitrogen and oxygen atoms in total. The maximum absolute atomic E-state index is 10.8. The molecule has 1 heterocycles. The van der Waals surface area contributed by atoms with E-state index in [0.717, 1.165) is 0 Å². The molecule has 0 amide bonds. The van der Waals surface area contributed by atoms with Crippen molar-refractivity contribution in [1.82, 2.24) is 0 Å². The molecule has 0 spiro atoms. The fraction of sp³-hybridized carbons (Fsp3) is 0.286. The van der Waals surface area contributed by atoms with Crippen LogP contribution in [0.25, 0.3) is 0 Å². The van der Waals surface area contributed by atoms with Crippen LogP contribution in [-0.4, -0.2) is 22.9 Å². The number of carbonyl (C=O) groups is 1. The molecule has 0 aromatic carbocycles. The Morgan fingerprint density at radius 2 is 2.45 bits per heavy atom. The minimum absolute atomic E-state index is 0.257. The zero-order chi connectivity index (χ0) is 7.90. The molecule has 0 saturated carbocycles. The van der Waals surface area contributed by atoms with Crippen molar-refractivity contribution in [1.29, 1.82) is 0 Å². The van der Waals surface area contributed by atoms with E-state index in [2.05, 4.69) is 4.89 Å². The van der Waals surface area contributed by atoms with Crippen LogP contribution < -0.4 is 0 Å². The molecule has 1 aliphatic heterocycles. The van der Waals surface area contributed by atoms with Crippen molar-refractivity contribution < 1.29 is 19.7 Å². The lowest BCUT2D eigenvalue weighted by Crippen LogP contribution is -2.26. The molecule has 1 aliphatic carbocycles. The Balaban J connectivity index is 2.22. The van der Waals surface area contributed by atoms with Crippen molar-refractivity contribution in [3.05, 3.63) is 24.3 Å². The van der Waals surface area contributed by atoms with Crippen LogP contribution in [0.4, 0.5) is 0 Å². The van der Waals surface area contributed by atoms with E-state index < -0.39 is 11.6 Å². The number of carbonyl (C=O) groups excluding carboxylic acids is 1. The van der Waals surface area contributed by atoms with Crippen LogP contribution in [-0.2, 0) is 14.4 Å². The Morgan fingerprint density at radius 3 is 3.09 bits per heavy atom. The Hall–Kier alpha value is -1.13. The summed E-state index contributed by atoms with van der Waals surface area (Å²) in [4.78, 5) is 14.4. The van der Waals surface area contributed by atoms with Gasteiger partial charge in [-0.1, -0.05) is 18.2 Å². The summed E-state index contributed by atoms with van der Waals surface area (Å²) in [5.41, 5.74) is -1.02. The predicted octanol–water partition coefficient (Wildman–Crippen LogP) is 0.266. The van der Waals surface area contributed by atoms with E-state index in [0.29, 0.717) is 0 Å². The smallest absolute Gasteiger partial charge is 0.345 e. The molecular weight excluding hydrogens is 148 g/mol. The largest absolute Gasteiger partial charge is 0.380 e. The Labute approximate surface area is 62.7 Å². The fourth-order valence-corrected chi connectivity index (χ4v) is 1.16. The van der Waals surface area contributed by atoms with E-state index in [9.17, 15) is 4.79 Å². The SMILES string of the molecule is O=C(OO)C12C=CC=CC1O2. The van der Waals surface area contributed by atoms with Gasteiger partial charge in [-0.3, -0.25) is 4.89 Å². The minimum atomic E-state index is -1.02. The number of epoxide rings is 1. The number of rotatable bonds is 1. The highest BCUT2D eigenvalue weighted by atomic mass is 17.1. The molecule has 2 aliphatic rings. The van der Waals surface area contributed by atoms with Crippen molar-refractivity contribution in [2.24, 2.45) is 0 Å². The van der Waals surface area contributed by atoms with Crippen LogP contribution in [0.5, 0.6) is 0 Å². The third kappa shape index (κ3) is 0.735. The molecular formula is C7H6O4. The number of fused-ring (bicyclic) bond motifs is 1. The summed E-state index contributed by atoms with van der Waals surface area (Å²) in [6.07, 6.45) is 6.50. The Bertz CT molecular complexity index is 255. The third-order valence-corrected chi connectivity index (χ3v) is 1.83. The zero-order valence-corrected chi connectivity index (χ0v) is 5.56. The van der Waals surface area contributed by atoms with E-state index in [1.54, 1.807) is 24.3 Å². The van der Waals surface area contributed by atoms with Crippen LogP contribution in [0.1, 0.15) is 0 Å². The highest BCUT2D eigenvalue weighted by Gasteiger charge is 2.62. The molecule has 11 heavy (non-hydrogen) atoms. The normalized spacial score (nSPS) is 38.1. The third-order valence-electron chi connectivity index (χ3n) is 1.83. The Kier molecular flexibility index (Phi) is 1.15. The molecule has 1 saturated heterocycles. The van der Waals surface area contributed by atoms with Gasteiger partial charge in [0.25, 0.3) is 0 Å². The summed E-state index contributed by atoms with van der Waals surface area (Å²) in [5, 5.41) is 8.09. The quantitative estimate of drug-likeness (QED) is 0.334. The average molecular weight is 154 g/mol. The Morgan fingerprint density at radius 1 is 1.64 bits per heavy atom. The topological polar surface area (TPSA) is 59.1 Å². The number of ether oxygens (including phenoxy) is 1. The molecule has 2 unspecified atom stereocenters. The first-order valence-corrected chi connectivity index (χ1v) is 3.19. The molecule has 1 fully saturated rings. The van der Waals surface area contributed by atoms with Crippen molar-refractivity contribution in [3.63, 3.8) is 0 Å². The zero-order valence-electron chi connectivity index (χ0n) is 5.56. The second-order valence-corrected chi connectivity index (χ2v) is 2.45. The van der Waals surface area contributed by atoms with Crippen molar-refractivity contribution in [3.8, 4) is 0 Å². The van der Waals surface area contributed by atoms with Crippen LogP contribution in [0.3, 0.4) is 0 Å². The molecule has 58 valence electrons. The molecule has 0 aromatic heterocycles. The molecule has 0 radical (unpaired) electrons. The van der Waals surface area contributed by atoms with Gasteiger partial charge in [0.05, 0.1) is 0 Å². The van der Waals surface area contributed by atoms with Gasteiger partial charge in [-0.2, -0.15) is 5.26 Å². The van der Waals surface area contributed by atoms with E-state index in [1.165, 1.54) is 0 Å². The molecule has 2 rings (SSSR count). The van der Waals surface area contributed by atoms with Gasteiger partial charge in [-0.05, 0) is 6.08 Å². The maximum Gasteiger partial charge on any atom is 0.380 e. The first-order valence-electron chi connectivity index (χ1n) is 3.19. The van der Waals surface area contributed by atoms with Crippen molar-refractivity contribution in [2.75, 3.05) is 0 Å². The molecule has 2 atom stereocenters. The summed E-state index contributed by atoms with van der Waals surface area (Å²) in [5.74, 6) is -0.761. The second kappa shape index (κ2) is 1.93. The molecule has 4 heteroatoms. The van der Waals surface area contributed by atoms with Gasteiger partial charge >= 0.3 is 5.97 Å². The summed E-state index contributed by atoms with van der Waals surface area (Å²) < 4.78 is 5.01. The first-order chi connectivity index (χ1) is 5.29. The summed E-state index contributed by atoms with van der Waals surface area (Å²) in [6, 6.07) is 0. The lowest BCUT2D eigenvalue weighted by Gasteiger charge is -2.02. The van der Waals surface area contributed by atoms with Crippen molar-refractivity contribution in [2.45, 2.75) is 11.7 Å². The monoisotopic (exact) mass is 154 g/mol. The second-order valence-electron chi connectivity index (χ2n) is 2.45. The van der Waals surface area contributed by atoms with E-state index in [4.69, 9.17) is 9.99 Å². The van der Waals surface area contributed by atoms with Gasteiger partial charge in [0.2, 0.25) is 5.60 Å². The van der Waals surface area contributed by atoms with Crippen LogP contribution in [0, 0.1) is 0 Å². The maximum atomic E-state index is 10.8. The summed E-state index contributed by atoms with van der Waals surface area (Å²) in [7, 11) is 0. The lowest BCUT2D eigenvalue weighted by molar-refractivity contribution is -0.238. The summed E-state index contributed by atoms with van der Waals surface area (Å²) in [6.45, 7) is 0. The van der Waals surface area contributed by atoms with Gasteiger partial charge in [-0.25, -0.2) is 4.79 Å². The van der Waals surface area contributed by atoms with Gasteiger partial charge < -0.3 is 4.74 Å². The predicted molar refractivity (Wildman–Crippen MR) is 34.6 cm³/mol. The number of hydrogen-bond acceptors (Lipinski definition) is 4. The van der Waals surface area contributed by atoms with Crippen LogP contribution in [0.15, 0.2) is 24.3 Å². The first kappa shape index (κ1) is 6.57. The van der Waals surface area contributed by atoms with E-state index in [1.807, 2.05) is 0 Å². The number of hydrogen-bond donors (Lipinski definition) is 1. The lowest BCUT2D eigenvalue weighted by atomic mass is 10.0. The summed E-state index contributed by atoms with van der Waals surface area (Å²) >= 11 is 0. The fourth-order valence-electron chi connectivity index (χ4n) is 1.16. The standard InChI is InChI=1S/C7H6O4/c8-6(11-9)7-4-2-1-3-5(7)10-7/h1-5,9H. The van der Waals surface area contributed by atoms with Gasteiger partial charge in [-0.15, -0.1) is 0 Å². The highest BCUT2D eigenvalue weighted by molar-refractivity contribution is 5.86. The van der Waals surface area contributed by atoms with Crippen LogP contribution in [0.2, 0.25) is 0 Å². The van der Waals surface area contributed by atoms with Crippen molar-refractivity contribution >= 4 is 5.97 Å². The van der Waals surface area contributed by atoms with Gasteiger partial charge in [0.1, 0.15) is 6.10 Å². The highest BCUT2D eigenvalue weighted by Crippen LogP contribution is 2.41. The molecule has 0 aromatic rings.